The van der Waals surface area contributed by atoms with Crippen molar-refractivity contribution in [3.8, 4) is 11.5 Å². The molecule has 0 amide bonds. The van der Waals surface area contributed by atoms with Gasteiger partial charge in [-0.3, -0.25) is 0 Å². The summed E-state index contributed by atoms with van der Waals surface area (Å²) in [6.07, 6.45) is -6.32. The molecule has 0 spiro atoms. The maximum Gasteiger partial charge on any atom is 0.389 e. The first-order valence-corrected chi connectivity index (χ1v) is 6.58. The highest BCUT2D eigenvalue weighted by molar-refractivity contribution is 6.32. The van der Waals surface area contributed by atoms with Crippen molar-refractivity contribution in [2.75, 3.05) is 13.2 Å². The van der Waals surface area contributed by atoms with E-state index < -0.39 is 25.1 Å². The van der Waals surface area contributed by atoms with Crippen LogP contribution in [0.1, 0.15) is 30.9 Å². The first-order valence-electron chi connectivity index (χ1n) is 6.20. The van der Waals surface area contributed by atoms with Gasteiger partial charge in [-0.2, -0.15) is 13.2 Å². The molecule has 1 heterocycles. The molecule has 0 aromatic heterocycles. The van der Waals surface area contributed by atoms with Crippen molar-refractivity contribution in [2.45, 2.75) is 31.5 Å². The van der Waals surface area contributed by atoms with Gasteiger partial charge in [-0.25, -0.2) is 0 Å². The highest BCUT2D eigenvalue weighted by Gasteiger charge is 2.29. The Hall–Kier alpha value is -1.14. The van der Waals surface area contributed by atoms with Gasteiger partial charge in [-0.05, 0) is 24.1 Å². The summed E-state index contributed by atoms with van der Waals surface area (Å²) in [6.45, 7) is 0.897. The summed E-state index contributed by atoms with van der Waals surface area (Å²) in [6, 6.07) is 2.89. The second-order valence-electron chi connectivity index (χ2n) is 4.55. The molecule has 1 unspecified atom stereocenters. The number of ether oxygens (including phenoxy) is 2. The molecule has 0 fully saturated rings. The number of hydrogen-bond donors (Lipinski definition) is 1. The van der Waals surface area contributed by atoms with E-state index in [0.717, 1.165) is 0 Å². The zero-order valence-electron chi connectivity index (χ0n) is 10.5. The predicted octanol–water partition coefficient (Wildman–Crippen LogP) is 3.88. The fourth-order valence-corrected chi connectivity index (χ4v) is 2.18. The van der Waals surface area contributed by atoms with Gasteiger partial charge in [-0.1, -0.05) is 11.6 Å². The monoisotopic (exact) mass is 310 g/mol. The van der Waals surface area contributed by atoms with Gasteiger partial charge < -0.3 is 14.6 Å². The number of aliphatic hydroxyl groups is 1. The fourth-order valence-electron chi connectivity index (χ4n) is 1.91. The third-order valence-electron chi connectivity index (χ3n) is 2.91. The summed E-state index contributed by atoms with van der Waals surface area (Å²) in [5, 5.41) is 10.1. The molecule has 0 saturated carbocycles. The van der Waals surface area contributed by atoms with Gasteiger partial charge in [0.05, 0.1) is 24.3 Å². The summed E-state index contributed by atoms with van der Waals surface area (Å²) in [7, 11) is 0. The minimum Gasteiger partial charge on any atom is -0.489 e. The minimum atomic E-state index is -4.30. The normalized spacial score (nSPS) is 16.6. The molecule has 1 atom stereocenters. The lowest BCUT2D eigenvalue weighted by Gasteiger charge is -2.16. The summed E-state index contributed by atoms with van der Waals surface area (Å²) in [4.78, 5) is 0. The number of benzene rings is 1. The Bertz CT molecular complexity index is 477. The van der Waals surface area contributed by atoms with Gasteiger partial charge in [0.1, 0.15) is 0 Å². The van der Waals surface area contributed by atoms with Crippen molar-refractivity contribution >= 4 is 11.6 Å². The molecule has 1 aliphatic heterocycles. The van der Waals surface area contributed by atoms with E-state index >= 15 is 0 Å². The molecule has 1 aromatic carbocycles. The average Bonchev–Trinajstić information content (AvgIpc) is 2.60. The van der Waals surface area contributed by atoms with Gasteiger partial charge in [0.2, 0.25) is 0 Å². The van der Waals surface area contributed by atoms with Gasteiger partial charge in [0.15, 0.2) is 11.5 Å². The van der Waals surface area contributed by atoms with Gasteiger partial charge in [-0.15, -0.1) is 0 Å². The molecule has 0 aliphatic carbocycles. The largest absolute Gasteiger partial charge is 0.489 e. The number of hydrogen-bond acceptors (Lipinski definition) is 3. The van der Waals surface area contributed by atoms with E-state index in [2.05, 4.69) is 0 Å². The van der Waals surface area contributed by atoms with Gasteiger partial charge >= 0.3 is 6.18 Å². The Kier molecular flexibility index (Phi) is 4.65. The fraction of sp³-hybridized carbons (Fsp3) is 0.538. The van der Waals surface area contributed by atoms with E-state index in [0.29, 0.717) is 36.7 Å². The van der Waals surface area contributed by atoms with Crippen LogP contribution in [0, 0.1) is 0 Å². The van der Waals surface area contributed by atoms with Crippen LogP contribution < -0.4 is 9.47 Å². The maximum absolute atomic E-state index is 12.2. The second-order valence-corrected chi connectivity index (χ2v) is 4.96. The van der Waals surface area contributed by atoms with Crippen molar-refractivity contribution in [3.05, 3.63) is 22.7 Å². The topological polar surface area (TPSA) is 38.7 Å². The molecule has 20 heavy (non-hydrogen) atoms. The third-order valence-corrected chi connectivity index (χ3v) is 3.19. The molecule has 1 aliphatic rings. The summed E-state index contributed by atoms with van der Waals surface area (Å²) < 4.78 is 47.3. The smallest absolute Gasteiger partial charge is 0.389 e. The zero-order valence-corrected chi connectivity index (χ0v) is 11.3. The Morgan fingerprint density at radius 1 is 1.25 bits per heavy atom. The number of halogens is 4. The lowest BCUT2D eigenvalue weighted by Crippen LogP contribution is -2.10. The van der Waals surface area contributed by atoms with Crippen LogP contribution in [0.15, 0.2) is 12.1 Å². The van der Waals surface area contributed by atoms with Crippen LogP contribution in [-0.2, 0) is 0 Å². The summed E-state index contributed by atoms with van der Waals surface area (Å²) >= 11 is 6.02. The van der Waals surface area contributed by atoms with Crippen molar-refractivity contribution < 1.29 is 27.8 Å². The van der Waals surface area contributed by atoms with E-state index in [-0.39, 0.29) is 5.02 Å². The Balaban J connectivity index is 2.16. The van der Waals surface area contributed by atoms with Crippen molar-refractivity contribution in [1.82, 2.24) is 0 Å². The van der Waals surface area contributed by atoms with Gasteiger partial charge in [0.25, 0.3) is 0 Å². The molecule has 2 rings (SSSR count). The van der Waals surface area contributed by atoms with Crippen molar-refractivity contribution in [1.29, 1.82) is 0 Å². The molecular weight excluding hydrogens is 297 g/mol. The third kappa shape index (κ3) is 3.93. The SMILES string of the molecule is OC(CCC(F)(F)F)c1cc(Cl)c2c(c1)OCCCO2. The lowest BCUT2D eigenvalue weighted by atomic mass is 10.0. The van der Waals surface area contributed by atoms with E-state index in [4.69, 9.17) is 21.1 Å². The molecule has 0 saturated heterocycles. The first kappa shape index (κ1) is 15.3. The number of fused-ring (bicyclic) bond motifs is 1. The van der Waals surface area contributed by atoms with E-state index in [1.165, 1.54) is 12.1 Å². The van der Waals surface area contributed by atoms with Gasteiger partial charge in [0, 0.05) is 12.8 Å². The molecule has 0 radical (unpaired) electrons. The van der Waals surface area contributed by atoms with Crippen LogP contribution in [-0.4, -0.2) is 24.5 Å². The van der Waals surface area contributed by atoms with E-state index in [1.54, 1.807) is 0 Å². The Morgan fingerprint density at radius 2 is 1.95 bits per heavy atom. The van der Waals surface area contributed by atoms with Crippen LogP contribution in [0.25, 0.3) is 0 Å². The molecule has 1 aromatic rings. The number of rotatable bonds is 3. The highest BCUT2D eigenvalue weighted by atomic mass is 35.5. The van der Waals surface area contributed by atoms with E-state index in [1.807, 2.05) is 0 Å². The standard InChI is InChI=1S/C13H14ClF3O3/c14-9-6-8(10(18)2-3-13(15,16)17)7-11-12(9)20-5-1-4-19-11/h6-7,10,18H,1-5H2. The van der Waals surface area contributed by atoms with Crippen LogP contribution in [0.5, 0.6) is 11.5 Å². The number of alkyl halides is 3. The highest BCUT2D eigenvalue weighted by Crippen LogP contribution is 2.40. The molecule has 7 heteroatoms. The zero-order chi connectivity index (χ0) is 14.8. The Morgan fingerprint density at radius 3 is 2.65 bits per heavy atom. The van der Waals surface area contributed by atoms with Crippen LogP contribution in [0.4, 0.5) is 13.2 Å². The van der Waals surface area contributed by atoms with Crippen molar-refractivity contribution in [2.24, 2.45) is 0 Å². The first-order chi connectivity index (χ1) is 9.37. The molecular formula is C13H14ClF3O3. The quantitative estimate of drug-likeness (QED) is 0.921. The van der Waals surface area contributed by atoms with Crippen LogP contribution in [0.2, 0.25) is 5.02 Å². The lowest BCUT2D eigenvalue weighted by molar-refractivity contribution is -0.140. The minimum absolute atomic E-state index is 0.227. The molecule has 112 valence electrons. The predicted molar refractivity (Wildman–Crippen MR) is 67.3 cm³/mol. The number of aliphatic hydroxyl groups excluding tert-OH is 1. The van der Waals surface area contributed by atoms with Crippen molar-refractivity contribution in [3.63, 3.8) is 0 Å². The van der Waals surface area contributed by atoms with E-state index in [9.17, 15) is 18.3 Å². The summed E-state index contributed by atoms with van der Waals surface area (Å²) in [5.41, 5.74) is 0.295. The van der Waals surface area contributed by atoms with Crippen LogP contribution >= 0.6 is 11.6 Å². The Labute approximate surface area is 119 Å². The molecule has 1 N–H and O–H groups in total. The maximum atomic E-state index is 12.2. The molecule has 0 bridgehead atoms. The van der Waals surface area contributed by atoms with Crippen LogP contribution in [0.3, 0.4) is 0 Å². The summed E-state index contributed by atoms with van der Waals surface area (Å²) in [5.74, 6) is 0.729. The average molecular weight is 311 g/mol. The second kappa shape index (κ2) is 6.10. The molecule has 3 nitrogen and oxygen atoms in total.